The molecule has 1 aromatic carbocycles. The standard InChI is InChI=1S/C16H21ClN4S.HI/c1-12-20-15(11-22-12)10-21(3)16(18-2)19-9-8-13-4-6-14(17)7-5-13;/h4-7,11H,8-10H2,1-3H3,(H,18,19);1H. The number of halogens is 2. The Hall–Kier alpha value is -0.860. The minimum absolute atomic E-state index is 0. The molecule has 1 heterocycles. The first-order valence-electron chi connectivity index (χ1n) is 7.15. The van der Waals surface area contributed by atoms with Crippen molar-refractivity contribution in [2.75, 3.05) is 20.6 Å². The van der Waals surface area contributed by atoms with E-state index in [1.807, 2.05) is 26.1 Å². The van der Waals surface area contributed by atoms with E-state index in [1.54, 1.807) is 18.4 Å². The van der Waals surface area contributed by atoms with Gasteiger partial charge in [-0.3, -0.25) is 4.99 Å². The Morgan fingerprint density at radius 1 is 1.35 bits per heavy atom. The van der Waals surface area contributed by atoms with E-state index in [4.69, 9.17) is 11.6 Å². The normalized spacial score (nSPS) is 11.0. The van der Waals surface area contributed by atoms with Crippen molar-refractivity contribution >= 4 is 52.9 Å². The average molecular weight is 465 g/mol. The second-order valence-corrected chi connectivity index (χ2v) is 6.56. The van der Waals surface area contributed by atoms with Crippen molar-refractivity contribution in [2.24, 2.45) is 4.99 Å². The molecule has 0 fully saturated rings. The topological polar surface area (TPSA) is 40.5 Å². The average Bonchev–Trinajstić information content (AvgIpc) is 2.90. The SMILES string of the molecule is CN=C(NCCc1ccc(Cl)cc1)N(C)Cc1csc(C)n1.I. The van der Waals surface area contributed by atoms with Gasteiger partial charge in [-0.2, -0.15) is 0 Å². The van der Waals surface area contributed by atoms with E-state index in [0.717, 1.165) is 41.2 Å². The lowest BCUT2D eigenvalue weighted by Gasteiger charge is -2.21. The Kier molecular flexibility index (Phi) is 8.86. The lowest BCUT2D eigenvalue weighted by molar-refractivity contribution is 0.471. The first-order valence-corrected chi connectivity index (χ1v) is 8.41. The van der Waals surface area contributed by atoms with Gasteiger partial charge in [0.1, 0.15) is 0 Å². The Labute approximate surface area is 164 Å². The van der Waals surface area contributed by atoms with Gasteiger partial charge in [-0.1, -0.05) is 23.7 Å². The Morgan fingerprint density at radius 3 is 2.61 bits per heavy atom. The quantitative estimate of drug-likeness (QED) is 0.413. The van der Waals surface area contributed by atoms with Gasteiger partial charge >= 0.3 is 0 Å². The minimum Gasteiger partial charge on any atom is -0.356 e. The molecule has 4 nitrogen and oxygen atoms in total. The molecular weight excluding hydrogens is 443 g/mol. The van der Waals surface area contributed by atoms with Gasteiger partial charge in [-0.05, 0) is 31.0 Å². The highest BCUT2D eigenvalue weighted by atomic mass is 127. The lowest BCUT2D eigenvalue weighted by atomic mass is 10.1. The van der Waals surface area contributed by atoms with Crippen molar-refractivity contribution in [3.63, 3.8) is 0 Å². The monoisotopic (exact) mass is 464 g/mol. The molecule has 2 aromatic rings. The molecular formula is C16H22ClIN4S. The summed E-state index contributed by atoms with van der Waals surface area (Å²) < 4.78 is 0. The van der Waals surface area contributed by atoms with Gasteiger partial charge in [-0.25, -0.2) is 4.98 Å². The predicted molar refractivity (Wildman–Crippen MR) is 110 cm³/mol. The molecule has 0 amide bonds. The van der Waals surface area contributed by atoms with Gasteiger partial charge in [0.15, 0.2) is 5.96 Å². The van der Waals surface area contributed by atoms with Crippen molar-refractivity contribution in [1.82, 2.24) is 15.2 Å². The lowest BCUT2D eigenvalue weighted by Crippen LogP contribution is -2.39. The molecule has 0 saturated carbocycles. The molecule has 0 spiro atoms. The highest BCUT2D eigenvalue weighted by Crippen LogP contribution is 2.11. The Morgan fingerprint density at radius 2 is 2.04 bits per heavy atom. The number of guanidine groups is 1. The van der Waals surface area contributed by atoms with Crippen LogP contribution in [0.1, 0.15) is 16.3 Å². The third kappa shape index (κ3) is 6.64. The van der Waals surface area contributed by atoms with Crippen LogP contribution in [0, 0.1) is 6.92 Å². The van der Waals surface area contributed by atoms with Gasteiger partial charge < -0.3 is 10.2 Å². The Balaban J connectivity index is 0.00000264. The number of hydrogen-bond acceptors (Lipinski definition) is 3. The van der Waals surface area contributed by atoms with E-state index in [2.05, 4.69) is 37.7 Å². The molecule has 0 radical (unpaired) electrons. The second-order valence-electron chi connectivity index (χ2n) is 5.06. The van der Waals surface area contributed by atoms with E-state index < -0.39 is 0 Å². The predicted octanol–water partition coefficient (Wildman–Crippen LogP) is 3.97. The van der Waals surface area contributed by atoms with E-state index >= 15 is 0 Å². The molecule has 7 heteroatoms. The van der Waals surface area contributed by atoms with Crippen LogP contribution in [0.4, 0.5) is 0 Å². The summed E-state index contributed by atoms with van der Waals surface area (Å²) in [5.74, 6) is 0.875. The molecule has 0 aliphatic heterocycles. The van der Waals surface area contributed by atoms with E-state index in [1.165, 1.54) is 5.56 Å². The van der Waals surface area contributed by atoms with Crippen LogP contribution < -0.4 is 5.32 Å². The number of rotatable bonds is 5. The largest absolute Gasteiger partial charge is 0.356 e. The Bertz CT molecular complexity index is 627. The maximum absolute atomic E-state index is 5.89. The number of nitrogens with one attached hydrogen (secondary N) is 1. The van der Waals surface area contributed by atoms with Gasteiger partial charge in [0.05, 0.1) is 17.2 Å². The summed E-state index contributed by atoms with van der Waals surface area (Å²) in [6, 6.07) is 7.94. The highest BCUT2D eigenvalue weighted by Gasteiger charge is 2.08. The van der Waals surface area contributed by atoms with Crippen LogP contribution in [-0.4, -0.2) is 36.5 Å². The smallest absolute Gasteiger partial charge is 0.193 e. The summed E-state index contributed by atoms with van der Waals surface area (Å²) in [6.45, 7) is 3.60. The molecule has 0 unspecified atom stereocenters. The molecule has 0 aliphatic rings. The van der Waals surface area contributed by atoms with E-state index in [0.29, 0.717) is 0 Å². The molecule has 0 saturated heterocycles. The van der Waals surface area contributed by atoms with Crippen LogP contribution in [-0.2, 0) is 13.0 Å². The van der Waals surface area contributed by atoms with Crippen molar-refractivity contribution in [1.29, 1.82) is 0 Å². The maximum atomic E-state index is 5.89. The first kappa shape index (κ1) is 20.2. The van der Waals surface area contributed by atoms with Crippen LogP contribution in [0.3, 0.4) is 0 Å². The third-order valence-electron chi connectivity index (χ3n) is 3.25. The zero-order chi connectivity index (χ0) is 15.9. The molecule has 126 valence electrons. The molecule has 0 bridgehead atoms. The van der Waals surface area contributed by atoms with Crippen LogP contribution in [0.25, 0.3) is 0 Å². The summed E-state index contributed by atoms with van der Waals surface area (Å²) in [6.07, 6.45) is 0.930. The van der Waals surface area contributed by atoms with Gasteiger partial charge in [-0.15, -0.1) is 35.3 Å². The number of benzene rings is 1. The van der Waals surface area contributed by atoms with Crippen molar-refractivity contribution in [3.05, 3.63) is 50.9 Å². The van der Waals surface area contributed by atoms with Gasteiger partial charge in [0.25, 0.3) is 0 Å². The number of aliphatic imine (C=N–C) groups is 1. The van der Waals surface area contributed by atoms with Crippen molar-refractivity contribution in [2.45, 2.75) is 19.9 Å². The van der Waals surface area contributed by atoms with Crippen LogP contribution in [0.5, 0.6) is 0 Å². The number of thiazole rings is 1. The van der Waals surface area contributed by atoms with Crippen LogP contribution >= 0.6 is 46.9 Å². The number of hydrogen-bond donors (Lipinski definition) is 1. The number of aryl methyl sites for hydroxylation is 1. The summed E-state index contributed by atoms with van der Waals surface area (Å²) in [4.78, 5) is 10.9. The maximum Gasteiger partial charge on any atom is 0.193 e. The van der Waals surface area contributed by atoms with Gasteiger partial charge in [0, 0.05) is 31.0 Å². The van der Waals surface area contributed by atoms with E-state index in [9.17, 15) is 0 Å². The summed E-state index contributed by atoms with van der Waals surface area (Å²) >= 11 is 7.57. The fraction of sp³-hybridized carbons (Fsp3) is 0.375. The molecule has 23 heavy (non-hydrogen) atoms. The fourth-order valence-electron chi connectivity index (χ4n) is 2.15. The van der Waals surface area contributed by atoms with Crippen LogP contribution in [0.2, 0.25) is 5.02 Å². The molecule has 1 N–H and O–H groups in total. The summed E-state index contributed by atoms with van der Waals surface area (Å²) in [5.41, 5.74) is 2.33. The molecule has 0 aliphatic carbocycles. The van der Waals surface area contributed by atoms with Gasteiger partial charge in [0.2, 0.25) is 0 Å². The summed E-state index contributed by atoms with van der Waals surface area (Å²) in [7, 11) is 3.82. The molecule has 0 atom stereocenters. The summed E-state index contributed by atoms with van der Waals surface area (Å²) in [5, 5.41) is 7.33. The fourth-order valence-corrected chi connectivity index (χ4v) is 2.88. The zero-order valence-electron chi connectivity index (χ0n) is 13.5. The highest BCUT2D eigenvalue weighted by molar-refractivity contribution is 14.0. The molecule has 1 aromatic heterocycles. The second kappa shape index (κ2) is 10.1. The first-order chi connectivity index (χ1) is 10.6. The van der Waals surface area contributed by atoms with E-state index in [-0.39, 0.29) is 24.0 Å². The van der Waals surface area contributed by atoms with Crippen LogP contribution in [0.15, 0.2) is 34.6 Å². The van der Waals surface area contributed by atoms with Crippen molar-refractivity contribution < 1.29 is 0 Å². The van der Waals surface area contributed by atoms with Crippen molar-refractivity contribution in [3.8, 4) is 0 Å². The zero-order valence-corrected chi connectivity index (χ0v) is 17.4. The number of aromatic nitrogens is 1. The third-order valence-corrected chi connectivity index (χ3v) is 4.32. The number of nitrogens with zero attached hydrogens (tertiary/aromatic N) is 3. The minimum atomic E-state index is 0. The molecule has 2 rings (SSSR count).